The second-order valence-corrected chi connectivity index (χ2v) is 6.31. The Hall–Kier alpha value is -1.01. The van der Waals surface area contributed by atoms with E-state index in [1.165, 1.54) is 12.1 Å². The lowest BCUT2D eigenvalue weighted by Crippen LogP contribution is -2.24. The molecule has 1 N–H and O–H groups in total. The van der Waals surface area contributed by atoms with E-state index in [-0.39, 0.29) is 17.7 Å². The molecule has 1 unspecified atom stereocenters. The van der Waals surface area contributed by atoms with Crippen molar-refractivity contribution in [2.45, 2.75) is 26.3 Å². The van der Waals surface area contributed by atoms with Gasteiger partial charge in [0.1, 0.15) is 11.6 Å². The summed E-state index contributed by atoms with van der Waals surface area (Å²) in [5, 5.41) is 3.30. The van der Waals surface area contributed by atoms with Crippen molar-refractivity contribution >= 4 is 22.6 Å². The molecule has 0 amide bonds. The van der Waals surface area contributed by atoms with E-state index in [4.69, 9.17) is 0 Å². The van der Waals surface area contributed by atoms with Gasteiger partial charge in [0.05, 0.1) is 6.04 Å². The van der Waals surface area contributed by atoms with Gasteiger partial charge in [-0.2, -0.15) is 0 Å². The molecular formula is C17H18F2IN. The smallest absolute Gasteiger partial charge is 0.128 e. The summed E-state index contributed by atoms with van der Waals surface area (Å²) in [5.41, 5.74) is 1.62. The fourth-order valence-corrected chi connectivity index (χ4v) is 2.59. The fourth-order valence-electron chi connectivity index (χ4n) is 2.23. The van der Waals surface area contributed by atoms with Crippen molar-refractivity contribution in [3.8, 4) is 0 Å². The van der Waals surface area contributed by atoms with Gasteiger partial charge in [-0.25, -0.2) is 8.78 Å². The van der Waals surface area contributed by atoms with Crippen molar-refractivity contribution in [3.63, 3.8) is 0 Å². The molecule has 1 atom stereocenters. The normalized spacial score (nSPS) is 12.4. The molecule has 112 valence electrons. The SMILES string of the molecule is CCCNC(c1ccc(I)cc1)c1cc(F)c(C)cc1F. The number of rotatable bonds is 5. The Morgan fingerprint density at radius 1 is 1.10 bits per heavy atom. The summed E-state index contributed by atoms with van der Waals surface area (Å²) >= 11 is 2.23. The van der Waals surface area contributed by atoms with Crippen LogP contribution in [0.2, 0.25) is 0 Å². The Bertz CT molecular complexity index is 611. The topological polar surface area (TPSA) is 12.0 Å². The van der Waals surface area contributed by atoms with Gasteiger partial charge >= 0.3 is 0 Å². The lowest BCUT2D eigenvalue weighted by Gasteiger charge is -2.21. The van der Waals surface area contributed by atoms with Crippen molar-refractivity contribution < 1.29 is 8.78 Å². The summed E-state index contributed by atoms with van der Waals surface area (Å²) in [6, 6.07) is 10.1. The quantitative estimate of drug-likeness (QED) is 0.698. The van der Waals surface area contributed by atoms with Crippen LogP contribution in [0.4, 0.5) is 8.78 Å². The predicted octanol–water partition coefficient (Wildman–Crippen LogP) is 4.97. The maximum Gasteiger partial charge on any atom is 0.128 e. The van der Waals surface area contributed by atoms with Gasteiger partial charge in [0.25, 0.3) is 0 Å². The number of halogens is 3. The van der Waals surface area contributed by atoms with E-state index in [1.807, 2.05) is 31.2 Å². The summed E-state index contributed by atoms with van der Waals surface area (Å²) < 4.78 is 29.2. The Morgan fingerprint density at radius 3 is 2.38 bits per heavy atom. The Kier molecular flexibility index (Phi) is 5.70. The van der Waals surface area contributed by atoms with Crippen molar-refractivity contribution in [3.05, 3.63) is 68.3 Å². The summed E-state index contributed by atoms with van der Waals surface area (Å²) in [7, 11) is 0. The molecule has 0 spiro atoms. The molecular weight excluding hydrogens is 383 g/mol. The first kappa shape index (κ1) is 16.4. The van der Waals surface area contributed by atoms with E-state index in [9.17, 15) is 8.78 Å². The van der Waals surface area contributed by atoms with Crippen LogP contribution >= 0.6 is 22.6 Å². The molecule has 0 saturated heterocycles. The zero-order valence-corrected chi connectivity index (χ0v) is 14.2. The van der Waals surface area contributed by atoms with E-state index in [0.29, 0.717) is 11.1 Å². The van der Waals surface area contributed by atoms with Crippen LogP contribution in [-0.2, 0) is 0 Å². The van der Waals surface area contributed by atoms with Crippen molar-refractivity contribution in [1.82, 2.24) is 5.32 Å². The highest BCUT2D eigenvalue weighted by atomic mass is 127. The minimum Gasteiger partial charge on any atom is -0.306 e. The van der Waals surface area contributed by atoms with E-state index in [0.717, 1.165) is 22.1 Å². The van der Waals surface area contributed by atoms with Crippen molar-refractivity contribution in [2.24, 2.45) is 0 Å². The summed E-state index contributed by atoms with van der Waals surface area (Å²) in [6.45, 7) is 4.36. The molecule has 0 radical (unpaired) electrons. The highest BCUT2D eigenvalue weighted by Crippen LogP contribution is 2.27. The van der Waals surface area contributed by atoms with Gasteiger partial charge in [-0.1, -0.05) is 19.1 Å². The molecule has 0 saturated carbocycles. The molecule has 1 nitrogen and oxygen atoms in total. The van der Waals surface area contributed by atoms with E-state index in [1.54, 1.807) is 6.92 Å². The zero-order valence-electron chi connectivity index (χ0n) is 12.1. The van der Waals surface area contributed by atoms with E-state index in [2.05, 4.69) is 27.9 Å². The molecule has 0 aliphatic rings. The van der Waals surface area contributed by atoms with Gasteiger partial charge in [0.2, 0.25) is 0 Å². The maximum atomic E-state index is 14.3. The highest BCUT2D eigenvalue weighted by molar-refractivity contribution is 14.1. The first-order valence-corrected chi connectivity index (χ1v) is 8.05. The maximum absolute atomic E-state index is 14.3. The third kappa shape index (κ3) is 4.01. The second kappa shape index (κ2) is 7.31. The fraction of sp³-hybridized carbons (Fsp3) is 0.294. The molecule has 21 heavy (non-hydrogen) atoms. The van der Waals surface area contributed by atoms with Crippen LogP contribution in [0.5, 0.6) is 0 Å². The van der Waals surface area contributed by atoms with Crippen LogP contribution in [-0.4, -0.2) is 6.54 Å². The molecule has 0 fully saturated rings. The third-order valence-electron chi connectivity index (χ3n) is 3.39. The average molecular weight is 401 g/mol. The van der Waals surface area contributed by atoms with Gasteiger partial charge in [-0.15, -0.1) is 0 Å². The van der Waals surface area contributed by atoms with Crippen LogP contribution in [0.15, 0.2) is 36.4 Å². The summed E-state index contributed by atoms with van der Waals surface area (Å²) in [4.78, 5) is 0. The summed E-state index contributed by atoms with van der Waals surface area (Å²) in [5.74, 6) is -0.749. The third-order valence-corrected chi connectivity index (χ3v) is 4.11. The first-order valence-electron chi connectivity index (χ1n) is 6.97. The van der Waals surface area contributed by atoms with Crippen LogP contribution in [0.3, 0.4) is 0 Å². The number of aryl methyl sites for hydroxylation is 1. The van der Waals surface area contributed by atoms with Crippen LogP contribution in [0, 0.1) is 22.1 Å². The lowest BCUT2D eigenvalue weighted by atomic mass is 9.97. The molecule has 2 rings (SSSR count). The van der Waals surface area contributed by atoms with Crippen molar-refractivity contribution in [1.29, 1.82) is 0 Å². The molecule has 2 aromatic carbocycles. The van der Waals surface area contributed by atoms with Gasteiger partial charge in [0.15, 0.2) is 0 Å². The van der Waals surface area contributed by atoms with Crippen LogP contribution in [0.1, 0.15) is 36.1 Å². The molecule has 0 bridgehead atoms. The molecule has 4 heteroatoms. The molecule has 0 aliphatic heterocycles. The lowest BCUT2D eigenvalue weighted by molar-refractivity contribution is 0.532. The average Bonchev–Trinajstić information content (AvgIpc) is 2.46. The second-order valence-electron chi connectivity index (χ2n) is 5.06. The number of hydrogen-bond donors (Lipinski definition) is 1. The van der Waals surface area contributed by atoms with Crippen LogP contribution in [0.25, 0.3) is 0 Å². The van der Waals surface area contributed by atoms with Gasteiger partial charge < -0.3 is 5.32 Å². The minimum atomic E-state index is -0.375. The van der Waals surface area contributed by atoms with E-state index >= 15 is 0 Å². The molecule has 0 aliphatic carbocycles. The largest absolute Gasteiger partial charge is 0.306 e. The standard InChI is InChI=1S/C17H18F2IN/c1-3-8-21-17(12-4-6-13(20)7-5-12)14-10-15(18)11(2)9-16(14)19/h4-7,9-10,17,21H,3,8H2,1-2H3. The molecule has 0 aromatic heterocycles. The summed E-state index contributed by atoms with van der Waals surface area (Å²) in [6.07, 6.45) is 0.927. The minimum absolute atomic E-state index is 0.327. The van der Waals surface area contributed by atoms with Gasteiger partial charge in [-0.05, 0) is 77.9 Å². The number of benzene rings is 2. The molecule has 0 heterocycles. The van der Waals surface area contributed by atoms with E-state index < -0.39 is 0 Å². The first-order chi connectivity index (χ1) is 10.0. The highest BCUT2D eigenvalue weighted by Gasteiger charge is 2.19. The van der Waals surface area contributed by atoms with Crippen LogP contribution < -0.4 is 5.32 Å². The molecule has 2 aromatic rings. The van der Waals surface area contributed by atoms with Gasteiger partial charge in [-0.3, -0.25) is 0 Å². The number of nitrogens with one attached hydrogen (secondary N) is 1. The zero-order chi connectivity index (χ0) is 15.4. The Labute approximate surface area is 137 Å². The number of hydrogen-bond acceptors (Lipinski definition) is 1. The van der Waals surface area contributed by atoms with Crippen molar-refractivity contribution in [2.75, 3.05) is 6.54 Å². The Balaban J connectivity index is 2.45. The monoisotopic (exact) mass is 401 g/mol. The predicted molar refractivity (Wildman–Crippen MR) is 90.4 cm³/mol. The van der Waals surface area contributed by atoms with Gasteiger partial charge in [0, 0.05) is 9.13 Å². The Morgan fingerprint density at radius 2 is 1.76 bits per heavy atom.